The van der Waals surface area contributed by atoms with E-state index in [1.807, 2.05) is 54.9 Å². The molecule has 1 N–H and O–H groups in total. The van der Waals surface area contributed by atoms with Gasteiger partial charge in [0.25, 0.3) is 0 Å². The minimum Gasteiger partial charge on any atom is -0.378 e. The van der Waals surface area contributed by atoms with Gasteiger partial charge in [-0.25, -0.2) is 0 Å². The number of benzene rings is 2. The van der Waals surface area contributed by atoms with Gasteiger partial charge >= 0.3 is 0 Å². The summed E-state index contributed by atoms with van der Waals surface area (Å²) >= 11 is 1.31. The van der Waals surface area contributed by atoms with Crippen LogP contribution in [0.15, 0.2) is 53.7 Å². The lowest BCUT2D eigenvalue weighted by Gasteiger charge is -2.13. The molecule has 0 bridgehead atoms. The maximum absolute atomic E-state index is 12.3. The van der Waals surface area contributed by atoms with E-state index < -0.39 is 0 Å². The van der Waals surface area contributed by atoms with Gasteiger partial charge in [0.15, 0.2) is 16.8 Å². The molecule has 0 spiro atoms. The average molecular weight is 410 g/mol. The van der Waals surface area contributed by atoms with Crippen LogP contribution in [-0.4, -0.2) is 46.3 Å². The van der Waals surface area contributed by atoms with Crippen molar-refractivity contribution in [3.63, 3.8) is 0 Å². The molecule has 8 heteroatoms. The van der Waals surface area contributed by atoms with Crippen LogP contribution < -0.4 is 10.2 Å². The molecule has 1 aromatic heterocycles. The predicted octanol–water partition coefficient (Wildman–Crippen LogP) is 3.48. The molecule has 0 unspecified atom stereocenters. The molecule has 3 rings (SSSR count). The largest absolute Gasteiger partial charge is 0.378 e. The van der Waals surface area contributed by atoms with E-state index in [2.05, 4.69) is 15.5 Å². The molecule has 150 valence electrons. The summed E-state index contributed by atoms with van der Waals surface area (Å²) in [6, 6.07) is 14.9. The lowest BCUT2D eigenvalue weighted by atomic mass is 10.1. The Kier molecular flexibility index (Phi) is 6.33. The molecule has 0 saturated heterocycles. The van der Waals surface area contributed by atoms with E-state index >= 15 is 0 Å². The fourth-order valence-electron chi connectivity index (χ4n) is 2.76. The molecule has 0 aliphatic heterocycles. The summed E-state index contributed by atoms with van der Waals surface area (Å²) in [4.78, 5) is 25.8. The highest BCUT2D eigenvalue weighted by Crippen LogP contribution is 2.25. The van der Waals surface area contributed by atoms with Crippen molar-refractivity contribution in [3.05, 3.63) is 54.1 Å². The summed E-state index contributed by atoms with van der Waals surface area (Å²) in [5, 5.41) is 12.0. The smallest absolute Gasteiger partial charge is 0.234 e. The van der Waals surface area contributed by atoms with Gasteiger partial charge < -0.3 is 14.8 Å². The van der Waals surface area contributed by atoms with Crippen LogP contribution in [0.5, 0.6) is 0 Å². The highest BCUT2D eigenvalue weighted by atomic mass is 32.2. The maximum Gasteiger partial charge on any atom is 0.234 e. The van der Waals surface area contributed by atoms with Crippen LogP contribution in [0.1, 0.15) is 17.3 Å². The molecule has 3 aromatic rings. The van der Waals surface area contributed by atoms with Crippen molar-refractivity contribution < 1.29 is 9.59 Å². The van der Waals surface area contributed by atoms with Gasteiger partial charge in [0.05, 0.1) is 5.75 Å². The molecule has 0 radical (unpaired) electrons. The normalized spacial score (nSPS) is 10.6. The lowest BCUT2D eigenvalue weighted by Crippen LogP contribution is -2.14. The van der Waals surface area contributed by atoms with Crippen molar-refractivity contribution in [1.82, 2.24) is 14.8 Å². The van der Waals surface area contributed by atoms with Crippen LogP contribution in [0.4, 0.5) is 11.4 Å². The van der Waals surface area contributed by atoms with Crippen LogP contribution in [0.25, 0.3) is 11.4 Å². The van der Waals surface area contributed by atoms with Gasteiger partial charge in [0.1, 0.15) is 0 Å². The number of Topliss-reactive ketones (excluding diaryl/α,β-unsaturated/α-hetero) is 1. The van der Waals surface area contributed by atoms with E-state index in [1.54, 1.807) is 24.3 Å². The molecule has 0 aliphatic rings. The zero-order valence-electron chi connectivity index (χ0n) is 16.8. The predicted molar refractivity (Wildman–Crippen MR) is 117 cm³/mol. The molecular formula is C21H23N5O2S. The lowest BCUT2D eigenvalue weighted by molar-refractivity contribution is -0.113. The molecule has 0 aliphatic carbocycles. The fourth-order valence-corrected chi connectivity index (χ4v) is 3.47. The Morgan fingerprint density at radius 2 is 1.86 bits per heavy atom. The number of ketones is 1. The Hall–Kier alpha value is -3.13. The third kappa shape index (κ3) is 5.03. The average Bonchev–Trinajstić information content (AvgIpc) is 3.07. The molecule has 7 nitrogen and oxygen atoms in total. The number of aromatic nitrogens is 3. The van der Waals surface area contributed by atoms with E-state index in [9.17, 15) is 9.59 Å². The number of hydrogen-bond donors (Lipinski definition) is 1. The molecule has 0 atom stereocenters. The summed E-state index contributed by atoms with van der Waals surface area (Å²) < 4.78 is 1.88. The zero-order chi connectivity index (χ0) is 21.0. The maximum atomic E-state index is 12.3. The van der Waals surface area contributed by atoms with Crippen LogP contribution in [0.3, 0.4) is 0 Å². The molecule has 1 amide bonds. The molecule has 2 aromatic carbocycles. The molecule has 29 heavy (non-hydrogen) atoms. The van der Waals surface area contributed by atoms with Crippen molar-refractivity contribution in [1.29, 1.82) is 0 Å². The van der Waals surface area contributed by atoms with Crippen molar-refractivity contribution in [3.8, 4) is 11.4 Å². The number of hydrogen-bond acceptors (Lipinski definition) is 6. The van der Waals surface area contributed by atoms with Crippen LogP contribution in [-0.2, 0) is 11.8 Å². The number of thioether (sulfide) groups is 1. The van der Waals surface area contributed by atoms with E-state index in [0.29, 0.717) is 16.4 Å². The zero-order valence-corrected chi connectivity index (χ0v) is 17.7. The van der Waals surface area contributed by atoms with E-state index in [-0.39, 0.29) is 17.4 Å². The van der Waals surface area contributed by atoms with Crippen LogP contribution >= 0.6 is 11.8 Å². The van der Waals surface area contributed by atoms with Gasteiger partial charge in [-0.3, -0.25) is 9.59 Å². The third-order valence-electron chi connectivity index (χ3n) is 4.34. The SMILES string of the molecule is CC(=O)c1cccc(NC(=O)CSc2nnc(-c3cccc(N(C)C)c3)n2C)c1. The van der Waals surface area contributed by atoms with Crippen LogP contribution in [0, 0.1) is 0 Å². The van der Waals surface area contributed by atoms with Crippen molar-refractivity contribution in [2.75, 3.05) is 30.1 Å². The van der Waals surface area contributed by atoms with E-state index in [1.165, 1.54) is 18.7 Å². The minimum absolute atomic E-state index is 0.0413. The van der Waals surface area contributed by atoms with Crippen molar-refractivity contribution >= 4 is 34.8 Å². The fraction of sp³-hybridized carbons (Fsp3) is 0.238. The number of anilines is 2. The first kappa shape index (κ1) is 20.6. The summed E-state index contributed by atoms with van der Waals surface area (Å²) in [5.74, 6) is 0.717. The molecule has 0 fully saturated rings. The highest BCUT2D eigenvalue weighted by Gasteiger charge is 2.14. The first-order chi connectivity index (χ1) is 13.8. The van der Waals surface area contributed by atoms with Crippen LogP contribution in [0.2, 0.25) is 0 Å². The Morgan fingerprint density at radius 1 is 1.10 bits per heavy atom. The van der Waals surface area contributed by atoms with Gasteiger partial charge in [-0.2, -0.15) is 0 Å². The first-order valence-corrected chi connectivity index (χ1v) is 10.0. The second-order valence-corrected chi connectivity index (χ2v) is 7.73. The van der Waals surface area contributed by atoms with Gasteiger partial charge in [0, 0.05) is 43.6 Å². The molecule has 0 saturated carbocycles. The number of carbonyl (C=O) groups is 2. The van der Waals surface area contributed by atoms with E-state index in [0.717, 1.165) is 17.1 Å². The first-order valence-electron chi connectivity index (χ1n) is 9.06. The number of amides is 1. The number of nitrogens with one attached hydrogen (secondary N) is 1. The number of nitrogens with zero attached hydrogens (tertiary/aromatic N) is 4. The Labute approximate surface area is 174 Å². The van der Waals surface area contributed by atoms with Crippen molar-refractivity contribution in [2.45, 2.75) is 12.1 Å². The standard InChI is InChI=1S/C21H23N5O2S/c1-14(27)15-7-5-9-17(11-15)22-19(28)13-29-21-24-23-20(26(21)4)16-8-6-10-18(12-16)25(2)3/h5-12H,13H2,1-4H3,(H,22,28). The summed E-state index contributed by atoms with van der Waals surface area (Å²) in [6.07, 6.45) is 0. The van der Waals surface area contributed by atoms with E-state index in [4.69, 9.17) is 0 Å². The second-order valence-electron chi connectivity index (χ2n) is 6.78. The minimum atomic E-state index is -0.171. The third-order valence-corrected chi connectivity index (χ3v) is 5.36. The Morgan fingerprint density at radius 3 is 2.59 bits per heavy atom. The summed E-state index contributed by atoms with van der Waals surface area (Å²) in [5.41, 5.74) is 3.20. The van der Waals surface area contributed by atoms with Gasteiger partial charge in [-0.05, 0) is 31.2 Å². The highest BCUT2D eigenvalue weighted by molar-refractivity contribution is 7.99. The topological polar surface area (TPSA) is 80.1 Å². The summed E-state index contributed by atoms with van der Waals surface area (Å²) in [6.45, 7) is 1.50. The molecular weight excluding hydrogens is 386 g/mol. The quantitative estimate of drug-likeness (QED) is 0.475. The molecule has 1 heterocycles. The van der Waals surface area contributed by atoms with Gasteiger partial charge in [-0.1, -0.05) is 36.0 Å². The Bertz CT molecular complexity index is 1050. The number of rotatable bonds is 7. The summed E-state index contributed by atoms with van der Waals surface area (Å²) in [7, 11) is 5.86. The monoisotopic (exact) mass is 409 g/mol. The Balaban J connectivity index is 1.66. The van der Waals surface area contributed by atoms with Gasteiger partial charge in [0.2, 0.25) is 5.91 Å². The van der Waals surface area contributed by atoms with Crippen molar-refractivity contribution in [2.24, 2.45) is 7.05 Å². The second kappa shape index (κ2) is 8.91. The number of carbonyl (C=O) groups excluding carboxylic acids is 2. The van der Waals surface area contributed by atoms with Gasteiger partial charge in [-0.15, -0.1) is 10.2 Å².